The van der Waals surface area contributed by atoms with Crippen LogP contribution in [0, 0.1) is 0 Å². The van der Waals surface area contributed by atoms with Crippen LogP contribution in [0.25, 0.3) is 0 Å². The summed E-state index contributed by atoms with van der Waals surface area (Å²) in [6.07, 6.45) is 0. The van der Waals surface area contributed by atoms with Gasteiger partial charge in [0.05, 0.1) is 11.0 Å². The number of carbonyl (C=O) groups excluding carboxylic acids is 2. The largest absolute Gasteiger partial charge is 0.545 e. The highest BCUT2D eigenvalue weighted by molar-refractivity contribution is 6.32. The molecular formula is C9H7ClNO4-. The zero-order chi connectivity index (χ0) is 11.4. The van der Waals surface area contributed by atoms with Crippen LogP contribution < -0.4 is 15.6 Å². The number of hydrogen-bond acceptors (Lipinski definition) is 4. The van der Waals surface area contributed by atoms with Crippen LogP contribution in [-0.4, -0.2) is 18.5 Å². The zero-order valence-electron chi connectivity index (χ0n) is 7.53. The minimum absolute atomic E-state index is 0.0635. The summed E-state index contributed by atoms with van der Waals surface area (Å²) >= 11 is 5.69. The first kappa shape index (κ1) is 11.3. The van der Waals surface area contributed by atoms with E-state index in [4.69, 9.17) is 22.1 Å². The van der Waals surface area contributed by atoms with E-state index in [9.17, 15) is 14.7 Å². The highest BCUT2D eigenvalue weighted by Crippen LogP contribution is 2.25. The topological polar surface area (TPSA) is 92.5 Å². The molecule has 0 saturated carbocycles. The van der Waals surface area contributed by atoms with Crippen molar-refractivity contribution in [3.63, 3.8) is 0 Å². The molecule has 0 aliphatic rings. The molecule has 0 atom stereocenters. The first-order chi connectivity index (χ1) is 7.00. The summed E-state index contributed by atoms with van der Waals surface area (Å²) in [5.41, 5.74) is 4.79. The van der Waals surface area contributed by atoms with Crippen LogP contribution >= 0.6 is 11.6 Å². The third-order valence-electron chi connectivity index (χ3n) is 1.54. The number of benzene rings is 1. The smallest absolute Gasteiger partial charge is 0.255 e. The average molecular weight is 229 g/mol. The molecule has 1 aromatic carbocycles. The predicted octanol–water partition coefficient (Wildman–Crippen LogP) is -0.432. The number of aromatic carboxylic acids is 1. The number of hydrogen-bond donors (Lipinski definition) is 1. The van der Waals surface area contributed by atoms with E-state index in [1.807, 2.05) is 0 Å². The number of rotatable bonds is 4. The summed E-state index contributed by atoms with van der Waals surface area (Å²) in [6, 6.07) is 3.77. The molecule has 0 aromatic heterocycles. The molecule has 0 unspecified atom stereocenters. The van der Waals surface area contributed by atoms with E-state index in [2.05, 4.69) is 0 Å². The van der Waals surface area contributed by atoms with Crippen LogP contribution in [-0.2, 0) is 4.79 Å². The van der Waals surface area contributed by atoms with E-state index < -0.39 is 11.9 Å². The molecule has 5 nitrogen and oxygen atoms in total. The van der Waals surface area contributed by atoms with Crippen LogP contribution in [0.2, 0.25) is 5.02 Å². The SMILES string of the molecule is NC(=O)COc1ccc(C(=O)[O-])cc1Cl. The van der Waals surface area contributed by atoms with Crippen molar-refractivity contribution in [3.8, 4) is 5.75 Å². The molecule has 0 aliphatic carbocycles. The van der Waals surface area contributed by atoms with Crippen LogP contribution in [0.1, 0.15) is 10.4 Å². The van der Waals surface area contributed by atoms with Crippen molar-refractivity contribution in [3.05, 3.63) is 28.8 Å². The number of carboxylic acids is 1. The van der Waals surface area contributed by atoms with Gasteiger partial charge in [0, 0.05) is 0 Å². The van der Waals surface area contributed by atoms with Gasteiger partial charge in [-0.15, -0.1) is 0 Å². The number of amides is 1. The van der Waals surface area contributed by atoms with Crippen molar-refractivity contribution in [2.45, 2.75) is 0 Å². The summed E-state index contributed by atoms with van der Waals surface area (Å²) < 4.78 is 4.91. The predicted molar refractivity (Wildman–Crippen MR) is 50.5 cm³/mol. The van der Waals surface area contributed by atoms with Crippen molar-refractivity contribution in [2.24, 2.45) is 5.73 Å². The Kier molecular flexibility index (Phi) is 3.51. The lowest BCUT2D eigenvalue weighted by Crippen LogP contribution is -2.22. The van der Waals surface area contributed by atoms with Gasteiger partial charge >= 0.3 is 0 Å². The summed E-state index contributed by atoms with van der Waals surface area (Å²) in [4.78, 5) is 20.9. The maximum atomic E-state index is 10.4. The maximum absolute atomic E-state index is 10.4. The van der Waals surface area contributed by atoms with Crippen LogP contribution in [0.15, 0.2) is 18.2 Å². The molecule has 2 N–H and O–H groups in total. The van der Waals surface area contributed by atoms with Crippen molar-refractivity contribution in [1.82, 2.24) is 0 Å². The van der Waals surface area contributed by atoms with E-state index in [0.29, 0.717) is 0 Å². The van der Waals surface area contributed by atoms with Crippen LogP contribution in [0.4, 0.5) is 0 Å². The molecule has 0 aliphatic heterocycles. The van der Waals surface area contributed by atoms with E-state index >= 15 is 0 Å². The highest BCUT2D eigenvalue weighted by atomic mass is 35.5. The Morgan fingerprint density at radius 2 is 2.13 bits per heavy atom. The third-order valence-corrected chi connectivity index (χ3v) is 1.83. The van der Waals surface area contributed by atoms with E-state index in [0.717, 1.165) is 0 Å². The summed E-state index contributed by atoms with van der Waals surface area (Å²) in [5.74, 6) is -1.78. The molecular weight excluding hydrogens is 222 g/mol. The number of carboxylic acid groups (broad SMARTS) is 1. The van der Waals surface area contributed by atoms with Gasteiger partial charge in [0.1, 0.15) is 5.75 Å². The van der Waals surface area contributed by atoms with Gasteiger partial charge in [-0.3, -0.25) is 4.79 Å². The van der Waals surface area contributed by atoms with Gasteiger partial charge in [-0.2, -0.15) is 0 Å². The molecule has 80 valence electrons. The fourth-order valence-corrected chi connectivity index (χ4v) is 1.13. The maximum Gasteiger partial charge on any atom is 0.255 e. The molecule has 0 spiro atoms. The average Bonchev–Trinajstić information content (AvgIpc) is 2.15. The molecule has 1 amide bonds. The number of nitrogens with two attached hydrogens (primary N) is 1. The molecule has 15 heavy (non-hydrogen) atoms. The number of halogens is 1. The first-order valence-corrected chi connectivity index (χ1v) is 4.30. The lowest BCUT2D eigenvalue weighted by Gasteiger charge is -2.08. The van der Waals surface area contributed by atoms with Gasteiger partial charge in [-0.25, -0.2) is 0 Å². The second-order valence-corrected chi connectivity index (χ2v) is 3.09. The second kappa shape index (κ2) is 4.65. The molecule has 0 radical (unpaired) electrons. The Morgan fingerprint density at radius 3 is 2.60 bits per heavy atom. The Morgan fingerprint density at radius 1 is 1.47 bits per heavy atom. The summed E-state index contributed by atoms with van der Waals surface area (Å²) in [6.45, 7) is -0.315. The van der Waals surface area contributed by atoms with Gasteiger partial charge in [-0.05, 0) is 23.8 Å². The minimum Gasteiger partial charge on any atom is -0.545 e. The fraction of sp³-hybridized carbons (Fsp3) is 0.111. The van der Waals surface area contributed by atoms with Crippen LogP contribution in [0.5, 0.6) is 5.75 Å². The first-order valence-electron chi connectivity index (χ1n) is 3.92. The van der Waals surface area contributed by atoms with Gasteiger partial charge in [0.15, 0.2) is 6.61 Å². The molecule has 0 heterocycles. The molecule has 6 heteroatoms. The highest BCUT2D eigenvalue weighted by Gasteiger charge is 2.04. The standard InChI is InChI=1S/C9H8ClNO4/c10-6-3-5(9(13)14)1-2-7(6)15-4-8(11)12/h1-3H,4H2,(H2,11,12)(H,13,14)/p-1. The van der Waals surface area contributed by atoms with Gasteiger partial charge < -0.3 is 20.4 Å². The molecule has 0 bridgehead atoms. The lowest BCUT2D eigenvalue weighted by molar-refractivity contribution is -0.255. The number of primary amides is 1. The third kappa shape index (κ3) is 3.14. The second-order valence-electron chi connectivity index (χ2n) is 2.69. The van der Waals surface area contributed by atoms with Gasteiger partial charge in [0.2, 0.25) is 0 Å². The van der Waals surface area contributed by atoms with Gasteiger partial charge in [-0.1, -0.05) is 11.6 Å². The quantitative estimate of drug-likeness (QED) is 0.757. The van der Waals surface area contributed by atoms with Gasteiger partial charge in [0.25, 0.3) is 5.91 Å². The van der Waals surface area contributed by atoms with E-state index in [1.54, 1.807) is 0 Å². The Balaban J connectivity index is 2.83. The monoisotopic (exact) mass is 228 g/mol. The normalized spacial score (nSPS) is 9.67. The van der Waals surface area contributed by atoms with Crippen molar-refractivity contribution < 1.29 is 19.4 Å². The number of ether oxygens (including phenoxy) is 1. The lowest BCUT2D eigenvalue weighted by atomic mass is 10.2. The number of carbonyl (C=O) groups is 2. The summed E-state index contributed by atoms with van der Waals surface area (Å²) in [5, 5.41) is 10.5. The fourth-order valence-electron chi connectivity index (χ4n) is 0.894. The molecule has 1 rings (SSSR count). The Bertz CT molecular complexity index is 405. The molecule has 0 saturated heterocycles. The Hall–Kier alpha value is -1.75. The zero-order valence-corrected chi connectivity index (χ0v) is 8.28. The van der Waals surface area contributed by atoms with Crippen molar-refractivity contribution in [2.75, 3.05) is 6.61 Å². The van der Waals surface area contributed by atoms with Crippen LogP contribution in [0.3, 0.4) is 0 Å². The Labute approximate surface area is 90.4 Å². The van der Waals surface area contributed by atoms with Crippen molar-refractivity contribution >= 4 is 23.5 Å². The summed E-state index contributed by atoms with van der Waals surface area (Å²) in [7, 11) is 0. The van der Waals surface area contributed by atoms with E-state index in [-0.39, 0.29) is 22.9 Å². The minimum atomic E-state index is -1.33. The molecule has 1 aromatic rings. The van der Waals surface area contributed by atoms with E-state index in [1.165, 1.54) is 18.2 Å². The molecule has 0 fully saturated rings. The van der Waals surface area contributed by atoms with Crippen molar-refractivity contribution in [1.29, 1.82) is 0 Å².